The number of hydrogen-bond acceptors (Lipinski definition) is 4. The van der Waals surface area contributed by atoms with E-state index in [0.717, 1.165) is 4.47 Å². The fourth-order valence-electron chi connectivity index (χ4n) is 1.78. The monoisotopic (exact) mass is 420 g/mol. The van der Waals surface area contributed by atoms with Gasteiger partial charge in [-0.3, -0.25) is 4.79 Å². The van der Waals surface area contributed by atoms with Crippen LogP contribution in [0.5, 0.6) is 11.5 Å². The van der Waals surface area contributed by atoms with Crippen molar-refractivity contribution < 1.29 is 14.3 Å². The van der Waals surface area contributed by atoms with E-state index < -0.39 is 5.91 Å². The molecule has 0 aliphatic carbocycles. The summed E-state index contributed by atoms with van der Waals surface area (Å²) in [6.07, 6.45) is 6.65. The lowest BCUT2D eigenvalue weighted by Gasteiger charge is -2.07. The average molecular weight is 422 g/mol. The van der Waals surface area contributed by atoms with Crippen LogP contribution in [0.25, 0.3) is 0 Å². The summed E-state index contributed by atoms with van der Waals surface area (Å²) < 4.78 is 11.6. The highest BCUT2D eigenvalue weighted by Crippen LogP contribution is 2.23. The lowest BCUT2D eigenvalue weighted by Crippen LogP contribution is -2.24. The van der Waals surface area contributed by atoms with Crippen molar-refractivity contribution in [2.75, 3.05) is 13.2 Å². The molecule has 2 rings (SSSR count). The normalized spacial score (nSPS) is 10.3. The average Bonchev–Trinajstić information content (AvgIpc) is 2.60. The number of nitrogens with zero attached hydrogens (tertiary/aromatic N) is 1. The molecule has 2 aromatic rings. The lowest BCUT2D eigenvalue weighted by atomic mass is 10.2. The second kappa shape index (κ2) is 9.72. The van der Waals surface area contributed by atoms with Crippen molar-refractivity contribution in [1.82, 2.24) is 5.43 Å². The van der Waals surface area contributed by atoms with Gasteiger partial charge in [-0.15, -0.1) is 6.42 Å². The maximum atomic E-state index is 11.8. The van der Waals surface area contributed by atoms with Crippen molar-refractivity contribution in [3.63, 3.8) is 0 Å². The minimum Gasteiger partial charge on any atom is -0.482 e. The van der Waals surface area contributed by atoms with Crippen LogP contribution in [0, 0.1) is 12.3 Å². The minimum atomic E-state index is -0.419. The van der Waals surface area contributed by atoms with Crippen LogP contribution in [0.4, 0.5) is 0 Å². The zero-order valence-electron chi connectivity index (χ0n) is 13.0. The summed E-state index contributed by atoms with van der Waals surface area (Å²) in [4.78, 5) is 11.8. The SMILES string of the molecule is C#CCOc1ccc(Br)cc1/C=N/NC(=O)COc1ccccc1Cl. The maximum absolute atomic E-state index is 11.8. The molecule has 0 aliphatic rings. The lowest BCUT2D eigenvalue weighted by molar-refractivity contribution is -0.123. The second-order valence-electron chi connectivity index (χ2n) is 4.69. The molecule has 25 heavy (non-hydrogen) atoms. The molecule has 0 radical (unpaired) electrons. The Labute approximate surface area is 159 Å². The van der Waals surface area contributed by atoms with E-state index in [0.29, 0.717) is 22.1 Å². The Morgan fingerprint density at radius 3 is 2.84 bits per heavy atom. The minimum absolute atomic E-state index is 0.139. The molecule has 2 aromatic carbocycles. The van der Waals surface area contributed by atoms with Crippen molar-refractivity contribution in [3.05, 3.63) is 57.5 Å². The number of benzene rings is 2. The summed E-state index contributed by atoms with van der Waals surface area (Å²) in [6.45, 7) is -0.0689. The highest BCUT2D eigenvalue weighted by atomic mass is 79.9. The van der Waals surface area contributed by atoms with Gasteiger partial charge in [-0.05, 0) is 30.3 Å². The molecule has 0 atom stereocenters. The first kappa shape index (κ1) is 18.8. The van der Waals surface area contributed by atoms with Gasteiger partial charge < -0.3 is 9.47 Å². The number of rotatable bonds is 7. The van der Waals surface area contributed by atoms with E-state index >= 15 is 0 Å². The van der Waals surface area contributed by atoms with E-state index in [-0.39, 0.29) is 13.2 Å². The molecule has 0 aromatic heterocycles. The predicted octanol–water partition coefficient (Wildman–Crippen LogP) is 3.64. The number of terminal acetylenes is 1. The number of para-hydroxylation sites is 1. The van der Waals surface area contributed by atoms with Crippen molar-refractivity contribution in [2.24, 2.45) is 5.10 Å². The van der Waals surface area contributed by atoms with Gasteiger partial charge in [-0.25, -0.2) is 5.43 Å². The van der Waals surface area contributed by atoms with Crippen LogP contribution in [0.3, 0.4) is 0 Å². The number of ether oxygens (including phenoxy) is 2. The number of carbonyl (C=O) groups excluding carboxylic acids is 1. The van der Waals surface area contributed by atoms with Crippen LogP contribution in [0.1, 0.15) is 5.56 Å². The Kier molecular flexibility index (Phi) is 7.33. The third-order valence-corrected chi connectivity index (χ3v) is 3.68. The number of carbonyl (C=O) groups is 1. The summed E-state index contributed by atoms with van der Waals surface area (Å²) in [5, 5.41) is 4.33. The smallest absolute Gasteiger partial charge is 0.277 e. The van der Waals surface area contributed by atoms with E-state index in [4.69, 9.17) is 27.5 Å². The van der Waals surface area contributed by atoms with Gasteiger partial charge in [0, 0.05) is 10.0 Å². The van der Waals surface area contributed by atoms with Crippen LogP contribution in [-0.2, 0) is 4.79 Å². The van der Waals surface area contributed by atoms with Crippen molar-refractivity contribution in [2.45, 2.75) is 0 Å². The van der Waals surface area contributed by atoms with Crippen molar-refractivity contribution in [1.29, 1.82) is 0 Å². The summed E-state index contributed by atoms with van der Waals surface area (Å²) in [5.41, 5.74) is 3.04. The highest BCUT2D eigenvalue weighted by Gasteiger charge is 2.05. The molecule has 7 heteroatoms. The Balaban J connectivity index is 1.92. The highest BCUT2D eigenvalue weighted by molar-refractivity contribution is 9.10. The molecular weight excluding hydrogens is 408 g/mol. The largest absolute Gasteiger partial charge is 0.482 e. The molecule has 1 amide bonds. The van der Waals surface area contributed by atoms with Gasteiger partial charge in [0.15, 0.2) is 6.61 Å². The molecule has 0 spiro atoms. The van der Waals surface area contributed by atoms with Gasteiger partial charge in [-0.1, -0.05) is 45.6 Å². The predicted molar refractivity (Wildman–Crippen MR) is 101 cm³/mol. The quantitative estimate of drug-likeness (QED) is 0.422. The molecule has 5 nitrogen and oxygen atoms in total. The van der Waals surface area contributed by atoms with Crippen LogP contribution in [-0.4, -0.2) is 25.3 Å². The Morgan fingerprint density at radius 1 is 1.28 bits per heavy atom. The van der Waals surface area contributed by atoms with E-state index in [1.165, 1.54) is 6.21 Å². The molecular formula is C18H14BrClN2O3. The number of amides is 1. The third kappa shape index (κ3) is 6.14. The number of hydrazone groups is 1. The Morgan fingerprint density at radius 2 is 2.08 bits per heavy atom. The van der Waals surface area contributed by atoms with Crippen LogP contribution in [0.15, 0.2) is 52.0 Å². The fourth-order valence-corrected chi connectivity index (χ4v) is 2.35. The van der Waals surface area contributed by atoms with Gasteiger partial charge in [0.25, 0.3) is 5.91 Å². The molecule has 0 bridgehead atoms. The summed E-state index contributed by atoms with van der Waals surface area (Å²) in [5.74, 6) is 2.97. The van der Waals surface area contributed by atoms with Gasteiger partial charge in [0.2, 0.25) is 0 Å². The van der Waals surface area contributed by atoms with E-state index in [1.54, 1.807) is 36.4 Å². The third-order valence-electron chi connectivity index (χ3n) is 2.87. The Bertz CT molecular complexity index is 818. The molecule has 0 saturated heterocycles. The summed E-state index contributed by atoms with van der Waals surface area (Å²) in [6, 6.07) is 12.3. The summed E-state index contributed by atoms with van der Waals surface area (Å²) >= 11 is 9.31. The van der Waals surface area contributed by atoms with Crippen LogP contribution in [0.2, 0.25) is 5.02 Å². The Hall–Kier alpha value is -2.49. The van der Waals surface area contributed by atoms with Gasteiger partial charge in [-0.2, -0.15) is 5.10 Å². The maximum Gasteiger partial charge on any atom is 0.277 e. The molecule has 0 fully saturated rings. The molecule has 0 unspecified atom stereocenters. The molecule has 0 aliphatic heterocycles. The zero-order chi connectivity index (χ0) is 18.1. The van der Waals surface area contributed by atoms with Gasteiger partial charge >= 0.3 is 0 Å². The first-order valence-corrected chi connectivity index (χ1v) is 8.32. The molecule has 0 saturated carbocycles. The standard InChI is InChI=1S/C18H14BrClN2O3/c1-2-9-24-16-8-7-14(19)10-13(16)11-21-22-18(23)12-25-17-6-4-3-5-15(17)20/h1,3-8,10-11H,9,12H2,(H,22,23)/b21-11+. The first-order valence-electron chi connectivity index (χ1n) is 7.15. The topological polar surface area (TPSA) is 59.9 Å². The van der Waals surface area contributed by atoms with E-state index in [1.807, 2.05) is 6.07 Å². The molecule has 128 valence electrons. The summed E-state index contributed by atoms with van der Waals surface area (Å²) in [7, 11) is 0. The van der Waals surface area contributed by atoms with Crippen LogP contribution >= 0.6 is 27.5 Å². The van der Waals surface area contributed by atoms with E-state index in [9.17, 15) is 4.79 Å². The van der Waals surface area contributed by atoms with Gasteiger partial charge in [0.1, 0.15) is 18.1 Å². The number of nitrogens with one attached hydrogen (secondary N) is 1. The van der Waals surface area contributed by atoms with Crippen molar-refractivity contribution in [3.8, 4) is 23.8 Å². The van der Waals surface area contributed by atoms with Gasteiger partial charge in [0.05, 0.1) is 11.2 Å². The molecule has 1 N–H and O–H groups in total. The van der Waals surface area contributed by atoms with Crippen LogP contribution < -0.4 is 14.9 Å². The number of hydrogen-bond donors (Lipinski definition) is 1. The fraction of sp³-hybridized carbons (Fsp3) is 0.111. The number of halogens is 2. The first-order chi connectivity index (χ1) is 12.1. The second-order valence-corrected chi connectivity index (χ2v) is 6.01. The molecule has 0 heterocycles. The zero-order valence-corrected chi connectivity index (χ0v) is 15.4. The van der Waals surface area contributed by atoms with Crippen molar-refractivity contribution >= 4 is 39.7 Å². The van der Waals surface area contributed by atoms with E-state index in [2.05, 4.69) is 32.4 Å².